The molecule has 144 valence electrons. The molecule has 0 fully saturated rings. The second-order valence-electron chi connectivity index (χ2n) is 7.68. The van der Waals surface area contributed by atoms with Gasteiger partial charge in [-0.05, 0) is 44.9 Å². The monoisotopic (exact) mass is 377 g/mol. The summed E-state index contributed by atoms with van der Waals surface area (Å²) in [7, 11) is 0. The maximum Gasteiger partial charge on any atom is 0.263 e. The molecule has 0 spiro atoms. The number of fused-ring (bicyclic) bond motifs is 1. The quantitative estimate of drug-likeness (QED) is 0.558. The maximum atomic E-state index is 12.3. The summed E-state index contributed by atoms with van der Waals surface area (Å²) in [6, 6.07) is 9.97. The Balaban J connectivity index is 1.48. The Hall–Kier alpha value is -3.42. The van der Waals surface area contributed by atoms with E-state index in [4.69, 9.17) is 0 Å². The largest absolute Gasteiger partial charge is 0.355 e. The third-order valence-electron chi connectivity index (χ3n) is 4.44. The van der Waals surface area contributed by atoms with E-state index < -0.39 is 0 Å². The predicted octanol–water partition coefficient (Wildman–Crippen LogP) is 2.71. The molecule has 4 aromatic rings. The number of anilines is 1. The van der Waals surface area contributed by atoms with Crippen molar-refractivity contribution in [3.63, 3.8) is 0 Å². The van der Waals surface area contributed by atoms with Gasteiger partial charge in [-0.25, -0.2) is 9.36 Å². The van der Waals surface area contributed by atoms with Crippen LogP contribution in [0.25, 0.3) is 16.7 Å². The van der Waals surface area contributed by atoms with Crippen molar-refractivity contribution in [2.45, 2.75) is 32.7 Å². The van der Waals surface area contributed by atoms with E-state index >= 15 is 0 Å². The van der Waals surface area contributed by atoms with E-state index in [1.165, 1.54) is 0 Å². The van der Waals surface area contributed by atoms with Gasteiger partial charge in [-0.2, -0.15) is 15.2 Å². The zero-order valence-electron chi connectivity index (χ0n) is 16.2. The topological polar surface area (TPSA) is 93.4 Å². The van der Waals surface area contributed by atoms with E-state index in [0.717, 1.165) is 17.7 Å². The Morgan fingerprint density at radius 1 is 1.11 bits per heavy atom. The van der Waals surface area contributed by atoms with Crippen molar-refractivity contribution >= 4 is 17.0 Å². The second kappa shape index (κ2) is 6.95. The van der Waals surface area contributed by atoms with Crippen LogP contribution in [0.15, 0.2) is 53.7 Å². The van der Waals surface area contributed by atoms with Gasteiger partial charge in [0.2, 0.25) is 5.95 Å². The summed E-state index contributed by atoms with van der Waals surface area (Å²) in [6.45, 7) is 6.71. The number of aromatic nitrogens is 6. The zero-order valence-corrected chi connectivity index (χ0v) is 16.2. The third kappa shape index (κ3) is 3.53. The van der Waals surface area contributed by atoms with Crippen molar-refractivity contribution in [2.75, 3.05) is 11.9 Å². The molecule has 0 bridgehead atoms. The molecule has 8 heteroatoms. The van der Waals surface area contributed by atoms with Crippen molar-refractivity contribution in [2.24, 2.45) is 0 Å². The van der Waals surface area contributed by atoms with Gasteiger partial charge in [0.15, 0.2) is 5.65 Å². The first-order valence-electron chi connectivity index (χ1n) is 9.23. The van der Waals surface area contributed by atoms with Gasteiger partial charge in [0.05, 0.1) is 23.6 Å². The van der Waals surface area contributed by atoms with E-state index in [1.807, 2.05) is 68.2 Å². The summed E-state index contributed by atoms with van der Waals surface area (Å²) in [4.78, 5) is 19.7. The third-order valence-corrected chi connectivity index (χ3v) is 4.44. The van der Waals surface area contributed by atoms with Crippen LogP contribution in [0.1, 0.15) is 26.3 Å². The van der Waals surface area contributed by atoms with Gasteiger partial charge >= 0.3 is 0 Å². The van der Waals surface area contributed by atoms with E-state index in [1.54, 1.807) is 10.9 Å². The molecule has 0 unspecified atom stereocenters. The van der Waals surface area contributed by atoms with Gasteiger partial charge in [0.1, 0.15) is 5.39 Å². The normalized spacial score (nSPS) is 11.8. The lowest BCUT2D eigenvalue weighted by Crippen LogP contribution is -2.24. The van der Waals surface area contributed by atoms with Gasteiger partial charge in [-0.1, -0.05) is 18.2 Å². The summed E-state index contributed by atoms with van der Waals surface area (Å²) < 4.78 is 3.62. The van der Waals surface area contributed by atoms with Gasteiger partial charge in [0.25, 0.3) is 5.56 Å². The molecule has 0 aliphatic heterocycles. The minimum atomic E-state index is -0.258. The van der Waals surface area contributed by atoms with Crippen LogP contribution in [0.5, 0.6) is 0 Å². The highest BCUT2D eigenvalue weighted by atomic mass is 16.1. The summed E-state index contributed by atoms with van der Waals surface area (Å²) in [5.41, 5.74) is 2.25. The van der Waals surface area contributed by atoms with Crippen LogP contribution in [0.2, 0.25) is 0 Å². The van der Waals surface area contributed by atoms with E-state index in [2.05, 4.69) is 25.5 Å². The van der Waals surface area contributed by atoms with Crippen LogP contribution < -0.4 is 10.9 Å². The second-order valence-corrected chi connectivity index (χ2v) is 7.68. The minimum Gasteiger partial charge on any atom is -0.355 e. The molecular formula is C20H23N7O. The fourth-order valence-corrected chi connectivity index (χ4v) is 3.03. The fourth-order valence-electron chi connectivity index (χ4n) is 3.03. The van der Waals surface area contributed by atoms with Crippen molar-refractivity contribution in [3.05, 3.63) is 64.8 Å². The summed E-state index contributed by atoms with van der Waals surface area (Å²) in [5, 5.41) is 12.4. The van der Waals surface area contributed by atoms with Crippen molar-refractivity contribution < 1.29 is 0 Å². The van der Waals surface area contributed by atoms with Crippen LogP contribution >= 0.6 is 0 Å². The summed E-state index contributed by atoms with van der Waals surface area (Å²) >= 11 is 0. The molecule has 3 aromatic heterocycles. The van der Waals surface area contributed by atoms with E-state index in [9.17, 15) is 4.79 Å². The van der Waals surface area contributed by atoms with Crippen molar-refractivity contribution in [1.29, 1.82) is 0 Å². The minimum absolute atomic E-state index is 0.195. The Bertz CT molecular complexity index is 1150. The number of nitrogens with zero attached hydrogens (tertiary/aromatic N) is 5. The first kappa shape index (κ1) is 18.0. The predicted molar refractivity (Wildman–Crippen MR) is 109 cm³/mol. The van der Waals surface area contributed by atoms with Crippen molar-refractivity contribution in [1.82, 2.24) is 29.5 Å². The zero-order chi connectivity index (χ0) is 19.7. The van der Waals surface area contributed by atoms with Crippen LogP contribution in [-0.2, 0) is 12.0 Å². The van der Waals surface area contributed by atoms with Crippen molar-refractivity contribution in [3.8, 4) is 5.69 Å². The molecule has 8 nitrogen and oxygen atoms in total. The molecule has 0 aliphatic carbocycles. The highest BCUT2D eigenvalue weighted by Gasteiger charge is 2.19. The van der Waals surface area contributed by atoms with Gasteiger partial charge in [-0.3, -0.25) is 9.78 Å². The smallest absolute Gasteiger partial charge is 0.263 e. The lowest BCUT2D eigenvalue weighted by Gasteiger charge is -2.19. The molecule has 0 saturated heterocycles. The average Bonchev–Trinajstić information content (AvgIpc) is 3.29. The first-order valence-corrected chi connectivity index (χ1v) is 9.23. The molecule has 0 atom stereocenters. The standard InChI is InChI=1S/C20H23N7O/c1-20(2,3)27-17-16(12-23-27)18(28)25-19(24-17)21-10-9-14-11-22-26(13-14)15-7-5-4-6-8-15/h4-8,11-13H,9-10H2,1-3H3,(H2,21,24,25,28). The molecule has 28 heavy (non-hydrogen) atoms. The summed E-state index contributed by atoms with van der Waals surface area (Å²) in [5.74, 6) is 0.443. The van der Waals surface area contributed by atoms with Gasteiger partial charge in [-0.15, -0.1) is 0 Å². The molecule has 2 N–H and O–H groups in total. The maximum absolute atomic E-state index is 12.3. The molecule has 4 rings (SSSR count). The fraction of sp³-hybridized carbons (Fsp3) is 0.300. The van der Waals surface area contributed by atoms with Crippen LogP contribution in [0, 0.1) is 0 Å². The molecular weight excluding hydrogens is 354 g/mol. The van der Waals surface area contributed by atoms with Gasteiger partial charge < -0.3 is 5.32 Å². The molecule has 0 aliphatic rings. The Kier molecular flexibility index (Phi) is 4.46. The Morgan fingerprint density at radius 2 is 1.89 bits per heavy atom. The first-order chi connectivity index (χ1) is 13.4. The molecule has 3 heterocycles. The number of aromatic amines is 1. The lowest BCUT2D eigenvalue weighted by atomic mass is 10.1. The van der Waals surface area contributed by atoms with Gasteiger partial charge in [0, 0.05) is 12.7 Å². The number of hydrogen-bond donors (Lipinski definition) is 2. The molecule has 0 amide bonds. The SMILES string of the molecule is CC(C)(C)n1ncc2c(=O)[nH]c(NCCc3cnn(-c4ccccc4)c3)nc21. The van der Waals surface area contributed by atoms with Crippen LogP contribution in [0.3, 0.4) is 0 Å². The molecule has 0 saturated carbocycles. The molecule has 1 aromatic carbocycles. The highest BCUT2D eigenvalue weighted by Crippen LogP contribution is 2.18. The molecule has 0 radical (unpaired) electrons. The Labute approximate surface area is 162 Å². The number of rotatable bonds is 5. The van der Waals surface area contributed by atoms with E-state index in [0.29, 0.717) is 23.5 Å². The number of para-hydroxylation sites is 1. The average molecular weight is 377 g/mol. The number of H-pyrrole nitrogens is 1. The highest BCUT2D eigenvalue weighted by molar-refractivity contribution is 5.74. The van der Waals surface area contributed by atoms with Crippen LogP contribution in [0.4, 0.5) is 5.95 Å². The van der Waals surface area contributed by atoms with E-state index in [-0.39, 0.29) is 11.1 Å². The Morgan fingerprint density at radius 3 is 2.64 bits per heavy atom. The van der Waals surface area contributed by atoms with Crippen LogP contribution in [-0.4, -0.2) is 36.1 Å². The number of nitrogens with one attached hydrogen (secondary N) is 2. The number of benzene rings is 1. The lowest BCUT2D eigenvalue weighted by molar-refractivity contribution is 0.366. The number of hydrogen-bond acceptors (Lipinski definition) is 5. The summed E-state index contributed by atoms with van der Waals surface area (Å²) in [6.07, 6.45) is 6.18.